The van der Waals surface area contributed by atoms with Crippen molar-refractivity contribution in [2.24, 2.45) is 0 Å². The molecule has 1 atom stereocenters. The highest BCUT2D eigenvalue weighted by atomic mass is 35.5. The van der Waals surface area contributed by atoms with Crippen LogP contribution in [0.4, 0.5) is 0 Å². The lowest BCUT2D eigenvalue weighted by Crippen LogP contribution is -2.19. The molecule has 1 heterocycles. The molecule has 1 unspecified atom stereocenters. The molecule has 0 aromatic heterocycles. The minimum Gasteiger partial charge on any atom is -0.463 e. The summed E-state index contributed by atoms with van der Waals surface area (Å²) in [6.07, 6.45) is 1.70. The van der Waals surface area contributed by atoms with Gasteiger partial charge in [0.1, 0.15) is 11.6 Å². The number of carbonyl (C=O) groups is 2. The molecule has 1 aliphatic rings. The van der Waals surface area contributed by atoms with Gasteiger partial charge in [-0.3, -0.25) is 9.59 Å². The van der Waals surface area contributed by atoms with Crippen LogP contribution in [-0.4, -0.2) is 31.3 Å². The molecular weight excluding hydrogens is 331 g/mol. The van der Waals surface area contributed by atoms with Crippen LogP contribution in [0.15, 0.2) is 18.2 Å². The first-order valence-electron chi connectivity index (χ1n) is 6.98. The lowest BCUT2D eigenvalue weighted by molar-refractivity contribution is -0.149. The van der Waals surface area contributed by atoms with Crippen LogP contribution < -0.4 is 4.74 Å². The summed E-state index contributed by atoms with van der Waals surface area (Å²) in [5.41, 5.74) is 0. The van der Waals surface area contributed by atoms with Gasteiger partial charge in [0.25, 0.3) is 0 Å². The Morgan fingerprint density at radius 3 is 2.73 bits per heavy atom. The molecule has 2 rings (SSSR count). The molecule has 5 nitrogen and oxygen atoms in total. The molecule has 7 heteroatoms. The number of hydrogen-bond acceptors (Lipinski definition) is 5. The SMILES string of the molecule is O=C(CCC(=O)Oc1cccc(Cl)c1Cl)OCC1CCCO1. The van der Waals surface area contributed by atoms with Gasteiger partial charge in [-0.1, -0.05) is 29.3 Å². The molecule has 22 heavy (non-hydrogen) atoms. The van der Waals surface area contributed by atoms with Crippen LogP contribution in [0.2, 0.25) is 10.0 Å². The van der Waals surface area contributed by atoms with Crippen molar-refractivity contribution in [3.8, 4) is 5.75 Å². The molecule has 0 N–H and O–H groups in total. The van der Waals surface area contributed by atoms with Crippen molar-refractivity contribution in [3.05, 3.63) is 28.2 Å². The van der Waals surface area contributed by atoms with Crippen LogP contribution in [-0.2, 0) is 19.1 Å². The number of esters is 2. The first kappa shape index (κ1) is 17.1. The average molecular weight is 347 g/mol. The maximum absolute atomic E-state index is 11.7. The van der Waals surface area contributed by atoms with Crippen molar-refractivity contribution in [1.82, 2.24) is 0 Å². The molecule has 1 fully saturated rings. The number of rotatable bonds is 6. The van der Waals surface area contributed by atoms with Crippen LogP contribution in [0.1, 0.15) is 25.7 Å². The highest BCUT2D eigenvalue weighted by Crippen LogP contribution is 2.31. The Morgan fingerprint density at radius 2 is 2.00 bits per heavy atom. The number of benzene rings is 1. The zero-order valence-electron chi connectivity index (χ0n) is 11.8. The highest BCUT2D eigenvalue weighted by Gasteiger charge is 2.18. The first-order chi connectivity index (χ1) is 10.6. The van der Waals surface area contributed by atoms with Gasteiger partial charge in [0, 0.05) is 6.61 Å². The summed E-state index contributed by atoms with van der Waals surface area (Å²) in [5, 5.41) is 0.460. The van der Waals surface area contributed by atoms with Crippen molar-refractivity contribution in [2.45, 2.75) is 31.8 Å². The monoisotopic (exact) mass is 346 g/mol. The first-order valence-corrected chi connectivity index (χ1v) is 7.74. The third-order valence-corrected chi connectivity index (χ3v) is 3.93. The van der Waals surface area contributed by atoms with Gasteiger partial charge in [0.05, 0.1) is 24.0 Å². The van der Waals surface area contributed by atoms with Gasteiger partial charge in [0.15, 0.2) is 5.75 Å². The highest BCUT2D eigenvalue weighted by molar-refractivity contribution is 6.43. The Labute approximate surface area is 138 Å². The Kier molecular flexibility index (Phi) is 6.49. The van der Waals surface area contributed by atoms with Crippen LogP contribution in [0.5, 0.6) is 5.75 Å². The smallest absolute Gasteiger partial charge is 0.311 e. The standard InChI is InChI=1S/C15H16Cl2O5/c16-11-4-1-5-12(15(11)17)22-14(19)7-6-13(18)21-9-10-3-2-8-20-10/h1,4-5,10H,2-3,6-9H2. The lowest BCUT2D eigenvalue weighted by atomic mass is 10.2. The number of hydrogen-bond donors (Lipinski definition) is 0. The average Bonchev–Trinajstić information content (AvgIpc) is 3.01. The fourth-order valence-corrected chi connectivity index (χ4v) is 2.30. The van der Waals surface area contributed by atoms with Crippen LogP contribution >= 0.6 is 23.2 Å². The molecule has 0 spiro atoms. The Bertz CT molecular complexity index is 541. The summed E-state index contributed by atoms with van der Waals surface area (Å²) in [5.74, 6) is -0.852. The summed E-state index contributed by atoms with van der Waals surface area (Å²) in [6.45, 7) is 0.933. The molecule has 0 radical (unpaired) electrons. The van der Waals surface area contributed by atoms with Crippen LogP contribution in [0.25, 0.3) is 0 Å². The summed E-state index contributed by atoms with van der Waals surface area (Å²) in [6, 6.07) is 4.73. The van der Waals surface area contributed by atoms with E-state index >= 15 is 0 Å². The van der Waals surface area contributed by atoms with Crippen molar-refractivity contribution in [2.75, 3.05) is 13.2 Å². The van der Waals surface area contributed by atoms with E-state index < -0.39 is 11.9 Å². The molecule has 0 bridgehead atoms. The Balaban J connectivity index is 1.70. The second-order valence-corrected chi connectivity index (χ2v) is 5.63. The van der Waals surface area contributed by atoms with Crippen molar-refractivity contribution in [3.63, 3.8) is 0 Å². The van der Waals surface area contributed by atoms with Gasteiger partial charge < -0.3 is 14.2 Å². The zero-order valence-corrected chi connectivity index (χ0v) is 13.4. The number of halogens is 2. The van der Waals surface area contributed by atoms with E-state index in [9.17, 15) is 9.59 Å². The van der Waals surface area contributed by atoms with Crippen molar-refractivity contribution >= 4 is 35.1 Å². The minimum atomic E-state index is -0.571. The van der Waals surface area contributed by atoms with Gasteiger partial charge in [0.2, 0.25) is 0 Å². The second-order valence-electron chi connectivity index (χ2n) is 4.84. The maximum atomic E-state index is 11.7. The van der Waals surface area contributed by atoms with Gasteiger partial charge in [-0.05, 0) is 25.0 Å². The van der Waals surface area contributed by atoms with Crippen molar-refractivity contribution in [1.29, 1.82) is 0 Å². The number of ether oxygens (including phenoxy) is 3. The summed E-state index contributed by atoms with van der Waals surface area (Å²) >= 11 is 11.7. The predicted octanol–water partition coefficient (Wildman–Crippen LogP) is 3.40. The lowest BCUT2D eigenvalue weighted by Gasteiger charge is -2.10. The maximum Gasteiger partial charge on any atom is 0.311 e. The predicted molar refractivity (Wildman–Crippen MR) is 81.3 cm³/mol. The minimum absolute atomic E-state index is 0.0267. The van der Waals surface area contributed by atoms with Gasteiger partial charge in [-0.2, -0.15) is 0 Å². The van der Waals surface area contributed by atoms with E-state index in [4.69, 9.17) is 37.4 Å². The zero-order chi connectivity index (χ0) is 15.9. The van der Waals surface area contributed by atoms with Crippen LogP contribution in [0, 0.1) is 0 Å². The molecule has 0 saturated carbocycles. The van der Waals surface area contributed by atoms with E-state index in [0.717, 1.165) is 12.8 Å². The molecule has 0 amide bonds. The third-order valence-electron chi connectivity index (χ3n) is 3.13. The van der Waals surface area contributed by atoms with Crippen molar-refractivity contribution < 1.29 is 23.8 Å². The van der Waals surface area contributed by atoms with E-state index in [1.165, 1.54) is 6.07 Å². The van der Waals surface area contributed by atoms with Gasteiger partial charge >= 0.3 is 11.9 Å². The van der Waals surface area contributed by atoms with Gasteiger partial charge in [-0.15, -0.1) is 0 Å². The quantitative estimate of drug-likeness (QED) is 0.583. The molecule has 0 aliphatic carbocycles. The third kappa shape index (κ3) is 5.16. The molecule has 1 aromatic carbocycles. The van der Waals surface area contributed by atoms with E-state index in [2.05, 4.69) is 0 Å². The van der Waals surface area contributed by atoms with E-state index in [1.54, 1.807) is 12.1 Å². The number of carbonyl (C=O) groups excluding carboxylic acids is 2. The fourth-order valence-electron chi connectivity index (χ4n) is 1.97. The molecular formula is C15H16Cl2O5. The van der Waals surface area contributed by atoms with E-state index in [-0.39, 0.29) is 36.3 Å². The molecule has 1 saturated heterocycles. The largest absolute Gasteiger partial charge is 0.463 e. The van der Waals surface area contributed by atoms with Crippen LogP contribution in [0.3, 0.4) is 0 Å². The summed E-state index contributed by atoms with van der Waals surface area (Å²) in [7, 11) is 0. The Hall–Kier alpha value is -1.30. The fraction of sp³-hybridized carbons (Fsp3) is 0.467. The molecule has 120 valence electrons. The van der Waals surface area contributed by atoms with Gasteiger partial charge in [-0.25, -0.2) is 0 Å². The molecule has 1 aromatic rings. The van der Waals surface area contributed by atoms with E-state index in [0.29, 0.717) is 11.6 Å². The summed E-state index contributed by atoms with van der Waals surface area (Å²) in [4.78, 5) is 23.2. The van der Waals surface area contributed by atoms with E-state index in [1.807, 2.05) is 0 Å². The normalized spacial score (nSPS) is 17.3. The topological polar surface area (TPSA) is 61.8 Å². The summed E-state index contributed by atoms with van der Waals surface area (Å²) < 4.78 is 15.5. The Morgan fingerprint density at radius 1 is 1.23 bits per heavy atom. The second kappa shape index (κ2) is 8.36. The molecule has 1 aliphatic heterocycles.